The second-order valence-corrected chi connectivity index (χ2v) is 10.2. The minimum Gasteiger partial charge on any atom is -0.493 e. The number of unbranched alkanes of at least 4 members (excludes halogenated alkanes) is 4. The number of hydrogen-bond donors (Lipinski definition) is 0. The Morgan fingerprint density at radius 2 is 1.91 bits per heavy atom. The van der Waals surface area contributed by atoms with E-state index in [0.717, 1.165) is 0 Å². The maximum absolute atomic E-state index is 13.4. The predicted molar refractivity (Wildman–Crippen MR) is 98.6 cm³/mol. The Kier molecular flexibility index (Phi) is 8.45. The fourth-order valence-electron chi connectivity index (χ4n) is 3.26. The average molecular weight is 356 g/mol. The van der Waals surface area contributed by atoms with Crippen LogP contribution in [0.1, 0.15) is 51.9 Å². The molecule has 4 heteroatoms. The molecule has 0 unspecified atom stereocenters. The molecule has 1 radical (unpaired) electrons. The highest BCUT2D eigenvalue weighted by Gasteiger charge is 2.22. The molecule has 1 aliphatic heterocycles. The quantitative estimate of drug-likeness (QED) is 0.352. The molecule has 1 heterocycles. The van der Waals surface area contributed by atoms with Gasteiger partial charge in [0.25, 0.3) is 0 Å². The van der Waals surface area contributed by atoms with Crippen molar-refractivity contribution >= 4 is 20.4 Å². The van der Waals surface area contributed by atoms with Gasteiger partial charge < -0.3 is 4.74 Å². The van der Waals surface area contributed by atoms with Crippen LogP contribution >= 0.6 is 11.6 Å². The van der Waals surface area contributed by atoms with Crippen molar-refractivity contribution in [2.45, 2.75) is 70.0 Å². The summed E-state index contributed by atoms with van der Waals surface area (Å²) in [5.41, 5.74) is 0. The van der Waals surface area contributed by atoms with Crippen molar-refractivity contribution in [3.8, 4) is 5.75 Å². The van der Waals surface area contributed by atoms with Crippen LogP contribution in [-0.4, -0.2) is 15.4 Å². The van der Waals surface area contributed by atoms with Gasteiger partial charge in [-0.25, -0.2) is 4.39 Å². The van der Waals surface area contributed by atoms with Gasteiger partial charge in [0.05, 0.1) is 11.6 Å². The molecule has 23 heavy (non-hydrogen) atoms. The Morgan fingerprint density at radius 1 is 1.17 bits per heavy atom. The molecule has 0 spiro atoms. The second-order valence-electron chi connectivity index (χ2n) is 6.74. The van der Waals surface area contributed by atoms with Gasteiger partial charge in [-0.2, -0.15) is 0 Å². The lowest BCUT2D eigenvalue weighted by Crippen LogP contribution is -2.24. The zero-order chi connectivity index (χ0) is 16.5. The van der Waals surface area contributed by atoms with Gasteiger partial charge in [0, 0.05) is 14.9 Å². The average Bonchev–Trinajstić information content (AvgIpc) is 2.57. The van der Waals surface area contributed by atoms with Gasteiger partial charge in [0.15, 0.2) is 0 Å². The van der Waals surface area contributed by atoms with Crippen LogP contribution in [0.15, 0.2) is 18.2 Å². The molecule has 1 nitrogen and oxygen atoms in total. The largest absolute Gasteiger partial charge is 0.493 e. The van der Waals surface area contributed by atoms with E-state index in [2.05, 4.69) is 6.92 Å². The van der Waals surface area contributed by atoms with Crippen molar-refractivity contribution in [1.29, 1.82) is 0 Å². The molecule has 1 fully saturated rings. The number of rotatable bonds is 9. The van der Waals surface area contributed by atoms with Gasteiger partial charge in [-0.05, 0) is 30.9 Å². The van der Waals surface area contributed by atoms with Gasteiger partial charge >= 0.3 is 0 Å². The van der Waals surface area contributed by atoms with Crippen LogP contribution in [0.5, 0.6) is 5.75 Å². The van der Waals surface area contributed by atoms with E-state index < -0.39 is 5.82 Å². The van der Waals surface area contributed by atoms with E-state index in [1.165, 1.54) is 69.1 Å². The minimum atomic E-state index is -0.402. The second kappa shape index (κ2) is 10.3. The van der Waals surface area contributed by atoms with Crippen LogP contribution in [0, 0.1) is 11.7 Å². The smallest absolute Gasteiger partial charge is 0.145 e. The molecule has 0 N–H and O–H groups in total. The molecule has 0 amide bonds. The summed E-state index contributed by atoms with van der Waals surface area (Å²) >= 11 is 5.69. The van der Waals surface area contributed by atoms with E-state index in [-0.39, 0.29) is 13.8 Å². The summed E-state index contributed by atoms with van der Waals surface area (Å²) in [5.74, 6) is 0.836. The first kappa shape index (κ1) is 18.8. The van der Waals surface area contributed by atoms with Crippen molar-refractivity contribution in [3.05, 3.63) is 29.0 Å². The fraction of sp³-hybridized carbons (Fsp3) is 0.684. The molecule has 1 saturated heterocycles. The van der Waals surface area contributed by atoms with E-state index in [9.17, 15) is 4.39 Å². The van der Waals surface area contributed by atoms with Crippen LogP contribution in [0.25, 0.3) is 0 Å². The van der Waals surface area contributed by atoms with Gasteiger partial charge in [0.1, 0.15) is 11.6 Å². The molecule has 1 aromatic rings. The molecule has 1 aromatic carbocycles. The Morgan fingerprint density at radius 3 is 2.61 bits per heavy atom. The molecule has 0 aromatic heterocycles. The van der Waals surface area contributed by atoms with E-state index in [1.54, 1.807) is 12.1 Å². The monoisotopic (exact) mass is 355 g/mol. The van der Waals surface area contributed by atoms with E-state index in [4.69, 9.17) is 16.3 Å². The molecule has 129 valence electrons. The zero-order valence-electron chi connectivity index (χ0n) is 14.3. The topological polar surface area (TPSA) is 9.23 Å². The first-order chi connectivity index (χ1) is 11.2. The summed E-state index contributed by atoms with van der Waals surface area (Å²) in [6.07, 6.45) is 9.60. The van der Waals surface area contributed by atoms with Crippen molar-refractivity contribution in [1.82, 2.24) is 0 Å². The molecule has 0 atom stereocenters. The molecule has 0 saturated carbocycles. The van der Waals surface area contributed by atoms with Crippen LogP contribution in [0.4, 0.5) is 4.39 Å². The highest BCUT2D eigenvalue weighted by molar-refractivity contribution is 6.58. The summed E-state index contributed by atoms with van der Waals surface area (Å²) in [7, 11) is -0.0948. The number of halogens is 2. The number of ether oxygens (including phenoxy) is 1. The van der Waals surface area contributed by atoms with Crippen molar-refractivity contribution < 1.29 is 9.13 Å². The Hall–Kier alpha value is -0.543. The lowest BCUT2D eigenvalue weighted by atomic mass is 10.0. The normalized spacial score (nSPS) is 16.7. The number of benzene rings is 1. The van der Waals surface area contributed by atoms with Crippen LogP contribution in [0.3, 0.4) is 0 Å². The van der Waals surface area contributed by atoms with Crippen molar-refractivity contribution in [2.75, 3.05) is 6.61 Å². The number of hydrogen-bond acceptors (Lipinski definition) is 1. The third-order valence-electron chi connectivity index (χ3n) is 4.82. The standard InChI is InChI=1S/C19H29ClFOSi/c1-2-3-4-5-6-11-23-12-9-16(10-13-23)15-22-17-7-8-18(20)19(21)14-17/h7-8,14,16H,2-6,9-13,15H2,1H3. The summed E-state index contributed by atoms with van der Waals surface area (Å²) in [6, 6.07) is 9.07. The SMILES string of the molecule is CCCCCCC[Si]1CCC(COc2ccc(Cl)c(F)c2)CC1. The third kappa shape index (κ3) is 6.84. The highest BCUT2D eigenvalue weighted by atomic mass is 35.5. The minimum absolute atomic E-state index is 0.0948. The summed E-state index contributed by atoms with van der Waals surface area (Å²) in [4.78, 5) is 0. The maximum Gasteiger partial charge on any atom is 0.145 e. The van der Waals surface area contributed by atoms with Crippen molar-refractivity contribution in [3.63, 3.8) is 0 Å². The van der Waals surface area contributed by atoms with Crippen molar-refractivity contribution in [2.24, 2.45) is 5.92 Å². The third-order valence-corrected chi connectivity index (χ3v) is 8.18. The molecule has 2 rings (SSSR count). The maximum atomic E-state index is 13.4. The molecule has 0 bridgehead atoms. The Bertz CT molecular complexity index is 461. The lowest BCUT2D eigenvalue weighted by Gasteiger charge is -2.27. The summed E-state index contributed by atoms with van der Waals surface area (Å²) in [6.45, 7) is 2.99. The predicted octanol–water partition coefficient (Wildman–Crippen LogP) is 6.73. The van der Waals surface area contributed by atoms with Gasteiger partial charge in [-0.15, -0.1) is 0 Å². The molecule has 0 aliphatic carbocycles. The fourth-order valence-corrected chi connectivity index (χ4v) is 6.51. The van der Waals surface area contributed by atoms with E-state index in [1.807, 2.05) is 0 Å². The van der Waals surface area contributed by atoms with Crippen LogP contribution in [0.2, 0.25) is 23.2 Å². The zero-order valence-corrected chi connectivity index (χ0v) is 16.0. The first-order valence-electron chi connectivity index (χ1n) is 9.10. The summed E-state index contributed by atoms with van der Waals surface area (Å²) in [5, 5.41) is 0.154. The Balaban J connectivity index is 1.60. The molecular weight excluding hydrogens is 327 g/mol. The van der Waals surface area contributed by atoms with Crippen LogP contribution < -0.4 is 4.74 Å². The van der Waals surface area contributed by atoms with Crippen LogP contribution in [-0.2, 0) is 0 Å². The Labute approximate surface area is 147 Å². The van der Waals surface area contributed by atoms with Gasteiger partial charge in [-0.3, -0.25) is 0 Å². The highest BCUT2D eigenvalue weighted by Crippen LogP contribution is 2.29. The molecular formula is C19H29ClFOSi. The molecule has 1 aliphatic rings. The van der Waals surface area contributed by atoms with E-state index in [0.29, 0.717) is 18.3 Å². The van der Waals surface area contributed by atoms with E-state index >= 15 is 0 Å². The van der Waals surface area contributed by atoms with Gasteiger partial charge in [-0.1, -0.05) is 68.8 Å². The van der Waals surface area contributed by atoms with Gasteiger partial charge in [0.2, 0.25) is 0 Å². The summed E-state index contributed by atoms with van der Waals surface area (Å²) < 4.78 is 19.1. The lowest BCUT2D eigenvalue weighted by molar-refractivity contribution is 0.235. The first-order valence-corrected chi connectivity index (χ1v) is 11.6.